The molecule has 23 heavy (non-hydrogen) atoms. The highest BCUT2D eigenvalue weighted by Crippen LogP contribution is 2.29. The van der Waals surface area contributed by atoms with E-state index in [0.29, 0.717) is 0 Å². The van der Waals surface area contributed by atoms with Crippen LogP contribution in [0.2, 0.25) is 0 Å². The van der Waals surface area contributed by atoms with Gasteiger partial charge >= 0.3 is 0 Å². The lowest BCUT2D eigenvalue weighted by Crippen LogP contribution is -2.11. The molecule has 1 aromatic heterocycles. The SMILES string of the molecule is Cc1ccc(-c2cc(-c3ccc(C)cc3)nc(N(C)C)c2)cc1. The fraction of sp³-hybridized carbons (Fsp3) is 0.190. The minimum absolute atomic E-state index is 0.971. The summed E-state index contributed by atoms with van der Waals surface area (Å²) in [6.45, 7) is 4.21. The smallest absolute Gasteiger partial charge is 0.129 e. The van der Waals surface area contributed by atoms with Crippen LogP contribution in [0.3, 0.4) is 0 Å². The van der Waals surface area contributed by atoms with Crippen molar-refractivity contribution in [2.75, 3.05) is 19.0 Å². The van der Waals surface area contributed by atoms with Crippen molar-refractivity contribution in [3.63, 3.8) is 0 Å². The summed E-state index contributed by atoms with van der Waals surface area (Å²) in [5.41, 5.74) is 7.10. The Morgan fingerprint density at radius 1 is 0.652 bits per heavy atom. The number of pyridine rings is 1. The van der Waals surface area contributed by atoms with E-state index in [0.717, 1.165) is 17.1 Å². The van der Waals surface area contributed by atoms with E-state index in [1.165, 1.54) is 22.3 Å². The quantitative estimate of drug-likeness (QED) is 0.669. The van der Waals surface area contributed by atoms with Crippen molar-refractivity contribution >= 4 is 5.82 Å². The Bertz CT molecular complexity index is 737. The fourth-order valence-corrected chi connectivity index (χ4v) is 2.53. The van der Waals surface area contributed by atoms with Gasteiger partial charge in [0.2, 0.25) is 0 Å². The van der Waals surface area contributed by atoms with Crippen LogP contribution in [-0.4, -0.2) is 19.1 Å². The molecule has 0 unspecified atom stereocenters. The maximum atomic E-state index is 4.80. The van der Waals surface area contributed by atoms with Gasteiger partial charge in [0.05, 0.1) is 5.69 Å². The molecule has 0 fully saturated rings. The molecule has 0 aliphatic carbocycles. The van der Waals surface area contributed by atoms with Gasteiger partial charge in [-0.3, -0.25) is 0 Å². The number of aromatic nitrogens is 1. The summed E-state index contributed by atoms with van der Waals surface area (Å²) in [6.07, 6.45) is 0. The van der Waals surface area contributed by atoms with Gasteiger partial charge in [-0.2, -0.15) is 0 Å². The first-order valence-corrected chi connectivity index (χ1v) is 7.86. The van der Waals surface area contributed by atoms with E-state index in [4.69, 9.17) is 4.98 Å². The monoisotopic (exact) mass is 302 g/mol. The Labute approximate surface area is 138 Å². The predicted molar refractivity (Wildman–Crippen MR) is 98.9 cm³/mol. The second kappa shape index (κ2) is 6.25. The van der Waals surface area contributed by atoms with Crippen LogP contribution in [0.25, 0.3) is 22.4 Å². The number of hydrogen-bond donors (Lipinski definition) is 0. The van der Waals surface area contributed by atoms with Crippen LogP contribution in [0, 0.1) is 13.8 Å². The van der Waals surface area contributed by atoms with Crippen LogP contribution in [0.5, 0.6) is 0 Å². The van der Waals surface area contributed by atoms with E-state index < -0.39 is 0 Å². The molecule has 0 aliphatic rings. The zero-order valence-corrected chi connectivity index (χ0v) is 14.2. The third-order valence-electron chi connectivity index (χ3n) is 4.00. The van der Waals surface area contributed by atoms with Gasteiger partial charge in [-0.25, -0.2) is 4.98 Å². The van der Waals surface area contributed by atoms with Crippen molar-refractivity contribution < 1.29 is 0 Å². The van der Waals surface area contributed by atoms with Gasteiger partial charge in [0.1, 0.15) is 5.82 Å². The molecule has 2 aromatic carbocycles. The highest BCUT2D eigenvalue weighted by molar-refractivity contribution is 5.74. The lowest BCUT2D eigenvalue weighted by atomic mass is 10.0. The lowest BCUT2D eigenvalue weighted by molar-refractivity contribution is 1.07. The average molecular weight is 302 g/mol. The molecule has 0 atom stereocenters. The van der Waals surface area contributed by atoms with E-state index in [1.54, 1.807) is 0 Å². The number of nitrogens with zero attached hydrogens (tertiary/aromatic N) is 2. The van der Waals surface area contributed by atoms with Crippen molar-refractivity contribution in [3.8, 4) is 22.4 Å². The Hall–Kier alpha value is -2.61. The molecule has 0 radical (unpaired) electrons. The zero-order valence-electron chi connectivity index (χ0n) is 14.2. The van der Waals surface area contributed by atoms with Gasteiger partial charge < -0.3 is 4.90 Å². The first-order chi connectivity index (χ1) is 11.0. The van der Waals surface area contributed by atoms with Crippen LogP contribution in [0.4, 0.5) is 5.82 Å². The molecule has 1 heterocycles. The molecule has 0 spiro atoms. The van der Waals surface area contributed by atoms with Crippen molar-refractivity contribution in [1.82, 2.24) is 4.98 Å². The summed E-state index contributed by atoms with van der Waals surface area (Å²) in [5, 5.41) is 0. The number of aryl methyl sites for hydroxylation is 2. The number of benzene rings is 2. The summed E-state index contributed by atoms with van der Waals surface area (Å²) < 4.78 is 0. The molecule has 0 amide bonds. The topological polar surface area (TPSA) is 16.1 Å². The molecule has 0 bridgehead atoms. The molecule has 2 heteroatoms. The number of anilines is 1. The second-order valence-electron chi connectivity index (χ2n) is 6.23. The van der Waals surface area contributed by atoms with Gasteiger partial charge in [0.25, 0.3) is 0 Å². The summed E-state index contributed by atoms with van der Waals surface area (Å²) >= 11 is 0. The molecule has 0 saturated heterocycles. The molecule has 0 saturated carbocycles. The van der Waals surface area contributed by atoms with E-state index in [1.807, 2.05) is 14.1 Å². The van der Waals surface area contributed by atoms with Crippen LogP contribution in [0.15, 0.2) is 60.7 Å². The maximum absolute atomic E-state index is 4.80. The Kier molecular flexibility index (Phi) is 4.16. The van der Waals surface area contributed by atoms with Gasteiger partial charge in [-0.15, -0.1) is 0 Å². The van der Waals surface area contributed by atoms with Crippen LogP contribution < -0.4 is 4.90 Å². The summed E-state index contributed by atoms with van der Waals surface area (Å²) in [5.74, 6) is 0.971. The first-order valence-electron chi connectivity index (χ1n) is 7.86. The standard InChI is InChI=1S/C21H22N2/c1-15-5-9-17(10-6-15)19-13-20(22-21(14-19)23(3)4)18-11-7-16(2)8-12-18/h5-14H,1-4H3. The average Bonchev–Trinajstić information content (AvgIpc) is 2.55. The van der Waals surface area contributed by atoms with Crippen LogP contribution in [-0.2, 0) is 0 Å². The molecular weight excluding hydrogens is 280 g/mol. The summed E-state index contributed by atoms with van der Waals surface area (Å²) in [6, 6.07) is 21.5. The van der Waals surface area contributed by atoms with E-state index >= 15 is 0 Å². The molecule has 0 aliphatic heterocycles. The van der Waals surface area contributed by atoms with Crippen molar-refractivity contribution in [2.24, 2.45) is 0 Å². The van der Waals surface area contributed by atoms with Crippen molar-refractivity contribution in [2.45, 2.75) is 13.8 Å². The Morgan fingerprint density at radius 2 is 1.17 bits per heavy atom. The molecule has 0 N–H and O–H groups in total. The van der Waals surface area contributed by atoms with Crippen molar-refractivity contribution in [1.29, 1.82) is 0 Å². The van der Waals surface area contributed by atoms with Gasteiger partial charge in [-0.1, -0.05) is 59.7 Å². The maximum Gasteiger partial charge on any atom is 0.129 e. The van der Waals surface area contributed by atoms with E-state index in [-0.39, 0.29) is 0 Å². The largest absolute Gasteiger partial charge is 0.363 e. The minimum Gasteiger partial charge on any atom is -0.363 e. The molecule has 3 rings (SSSR count). The van der Waals surface area contributed by atoms with E-state index in [9.17, 15) is 0 Å². The van der Waals surface area contributed by atoms with Gasteiger partial charge in [0.15, 0.2) is 0 Å². The summed E-state index contributed by atoms with van der Waals surface area (Å²) in [4.78, 5) is 6.85. The zero-order chi connectivity index (χ0) is 16.4. The highest BCUT2D eigenvalue weighted by atomic mass is 15.1. The molecule has 116 valence electrons. The van der Waals surface area contributed by atoms with Crippen LogP contribution in [0.1, 0.15) is 11.1 Å². The second-order valence-corrected chi connectivity index (χ2v) is 6.23. The third-order valence-corrected chi connectivity index (χ3v) is 4.00. The molecule has 3 aromatic rings. The Balaban J connectivity index is 2.13. The van der Waals surface area contributed by atoms with E-state index in [2.05, 4.69) is 79.4 Å². The normalized spacial score (nSPS) is 10.6. The molecular formula is C21H22N2. The number of rotatable bonds is 3. The van der Waals surface area contributed by atoms with Gasteiger partial charge in [0, 0.05) is 19.7 Å². The lowest BCUT2D eigenvalue weighted by Gasteiger charge is -2.15. The fourth-order valence-electron chi connectivity index (χ4n) is 2.53. The van der Waals surface area contributed by atoms with Crippen LogP contribution >= 0.6 is 0 Å². The number of hydrogen-bond acceptors (Lipinski definition) is 2. The highest BCUT2D eigenvalue weighted by Gasteiger charge is 2.08. The Morgan fingerprint density at radius 3 is 1.70 bits per heavy atom. The first kappa shape index (κ1) is 15.3. The minimum atomic E-state index is 0.971. The predicted octanol–water partition coefficient (Wildman–Crippen LogP) is 5.10. The molecule has 2 nitrogen and oxygen atoms in total. The van der Waals surface area contributed by atoms with Crippen molar-refractivity contribution in [3.05, 3.63) is 71.8 Å². The summed E-state index contributed by atoms with van der Waals surface area (Å²) in [7, 11) is 4.06. The third kappa shape index (κ3) is 3.42. The van der Waals surface area contributed by atoms with Gasteiger partial charge in [-0.05, 0) is 37.1 Å².